The van der Waals surface area contributed by atoms with E-state index < -0.39 is 5.97 Å². The van der Waals surface area contributed by atoms with Gasteiger partial charge in [-0.15, -0.1) is 0 Å². The zero-order valence-corrected chi connectivity index (χ0v) is 9.56. The number of carboxylic acid groups (broad SMARTS) is 1. The van der Waals surface area contributed by atoms with Gasteiger partial charge in [-0.3, -0.25) is 4.79 Å². The van der Waals surface area contributed by atoms with E-state index in [0.29, 0.717) is 18.5 Å². The van der Waals surface area contributed by atoms with E-state index in [2.05, 4.69) is 0 Å². The molecule has 0 spiro atoms. The molecule has 2 rings (SSSR count). The lowest BCUT2D eigenvalue weighted by atomic mass is 10.3. The fourth-order valence-corrected chi connectivity index (χ4v) is 1.83. The first-order valence-corrected chi connectivity index (χ1v) is 5.81. The second kappa shape index (κ2) is 4.31. The first-order valence-electron chi connectivity index (χ1n) is 5.81. The van der Waals surface area contributed by atoms with Crippen LogP contribution in [-0.2, 0) is 4.79 Å². The third kappa shape index (κ3) is 2.87. The second-order valence-electron chi connectivity index (χ2n) is 4.84. The fourth-order valence-electron chi connectivity index (χ4n) is 1.83. The number of carboxylic acids is 1. The molecule has 0 aromatic carbocycles. The van der Waals surface area contributed by atoms with Gasteiger partial charge in [0.05, 0.1) is 0 Å². The molecule has 0 radical (unpaired) electrons. The Morgan fingerprint density at radius 2 is 1.88 bits per heavy atom. The van der Waals surface area contributed by atoms with Gasteiger partial charge in [-0.25, -0.2) is 4.79 Å². The van der Waals surface area contributed by atoms with Crippen molar-refractivity contribution in [1.82, 2.24) is 9.80 Å². The van der Waals surface area contributed by atoms with Crippen LogP contribution in [0.25, 0.3) is 0 Å². The zero-order chi connectivity index (χ0) is 11.7. The van der Waals surface area contributed by atoms with E-state index in [0.717, 1.165) is 25.7 Å². The summed E-state index contributed by atoms with van der Waals surface area (Å²) in [7, 11) is 1.77. The molecule has 0 aromatic heterocycles. The quantitative estimate of drug-likeness (QED) is 0.760. The van der Waals surface area contributed by atoms with Crippen LogP contribution in [0.15, 0.2) is 0 Å². The lowest BCUT2D eigenvalue weighted by Gasteiger charge is -2.27. The van der Waals surface area contributed by atoms with Crippen molar-refractivity contribution in [1.29, 1.82) is 0 Å². The largest absolute Gasteiger partial charge is 0.480 e. The molecular weight excluding hydrogens is 208 g/mol. The maximum absolute atomic E-state index is 12.0. The Morgan fingerprint density at radius 3 is 2.31 bits per heavy atom. The molecule has 2 fully saturated rings. The van der Waals surface area contributed by atoms with Gasteiger partial charge in [0.2, 0.25) is 0 Å². The van der Waals surface area contributed by atoms with E-state index in [-0.39, 0.29) is 12.6 Å². The van der Waals surface area contributed by atoms with Gasteiger partial charge in [0.25, 0.3) is 0 Å². The van der Waals surface area contributed by atoms with Crippen molar-refractivity contribution in [2.24, 2.45) is 5.92 Å². The Kier molecular flexibility index (Phi) is 3.03. The molecule has 0 heterocycles. The molecule has 2 amide bonds. The highest BCUT2D eigenvalue weighted by Gasteiger charge is 2.34. The summed E-state index contributed by atoms with van der Waals surface area (Å²) in [6.07, 6.45) is 4.34. The van der Waals surface area contributed by atoms with E-state index in [1.165, 1.54) is 4.90 Å². The first kappa shape index (κ1) is 11.2. The van der Waals surface area contributed by atoms with Crippen molar-refractivity contribution in [3.05, 3.63) is 0 Å². The molecule has 0 saturated heterocycles. The van der Waals surface area contributed by atoms with Gasteiger partial charge in [-0.05, 0) is 31.6 Å². The number of amides is 2. The second-order valence-corrected chi connectivity index (χ2v) is 4.84. The fraction of sp³-hybridized carbons (Fsp3) is 0.818. The van der Waals surface area contributed by atoms with E-state index >= 15 is 0 Å². The molecule has 5 nitrogen and oxygen atoms in total. The Hall–Kier alpha value is -1.26. The Morgan fingerprint density at radius 1 is 1.25 bits per heavy atom. The summed E-state index contributed by atoms with van der Waals surface area (Å²) in [6, 6.07) is 0.208. The monoisotopic (exact) mass is 226 g/mol. The third-order valence-electron chi connectivity index (χ3n) is 3.17. The van der Waals surface area contributed by atoms with E-state index in [4.69, 9.17) is 5.11 Å². The standard InChI is InChI=1S/C11H18N2O3/c1-12(9-4-5-9)11(16)13(7-10(14)15)6-8-2-3-8/h8-9H,2-7H2,1H3,(H,14,15). The molecule has 0 aromatic rings. The summed E-state index contributed by atoms with van der Waals surface area (Å²) >= 11 is 0. The number of hydrogen-bond donors (Lipinski definition) is 1. The minimum Gasteiger partial charge on any atom is -0.480 e. The molecule has 0 bridgehead atoms. The van der Waals surface area contributed by atoms with Crippen molar-refractivity contribution < 1.29 is 14.7 Å². The smallest absolute Gasteiger partial charge is 0.323 e. The first-order chi connectivity index (χ1) is 7.58. The van der Waals surface area contributed by atoms with Crippen LogP contribution in [0, 0.1) is 5.92 Å². The number of nitrogens with zero attached hydrogens (tertiary/aromatic N) is 2. The molecule has 0 aliphatic heterocycles. The van der Waals surface area contributed by atoms with Crippen LogP contribution in [0.1, 0.15) is 25.7 Å². The number of hydrogen-bond acceptors (Lipinski definition) is 2. The van der Waals surface area contributed by atoms with Crippen LogP contribution < -0.4 is 0 Å². The van der Waals surface area contributed by atoms with Crippen molar-refractivity contribution in [2.75, 3.05) is 20.1 Å². The van der Waals surface area contributed by atoms with Crippen LogP contribution in [0.2, 0.25) is 0 Å². The van der Waals surface area contributed by atoms with Crippen LogP contribution in [0.5, 0.6) is 0 Å². The summed E-state index contributed by atoms with van der Waals surface area (Å²) in [5.41, 5.74) is 0. The van der Waals surface area contributed by atoms with Gasteiger partial charge in [0.1, 0.15) is 6.54 Å². The number of rotatable bonds is 5. The third-order valence-corrected chi connectivity index (χ3v) is 3.17. The van der Waals surface area contributed by atoms with Gasteiger partial charge in [-0.1, -0.05) is 0 Å². The van der Waals surface area contributed by atoms with Crippen LogP contribution >= 0.6 is 0 Å². The topological polar surface area (TPSA) is 60.9 Å². The van der Waals surface area contributed by atoms with E-state index in [1.54, 1.807) is 11.9 Å². The van der Waals surface area contributed by atoms with Crippen molar-refractivity contribution in [3.63, 3.8) is 0 Å². The highest BCUT2D eigenvalue weighted by atomic mass is 16.4. The predicted octanol–water partition coefficient (Wildman–Crippen LogP) is 0.997. The molecule has 0 unspecified atom stereocenters. The van der Waals surface area contributed by atoms with Gasteiger partial charge < -0.3 is 14.9 Å². The summed E-state index contributed by atoms with van der Waals surface area (Å²) in [5, 5.41) is 8.79. The van der Waals surface area contributed by atoms with Crippen LogP contribution in [0.3, 0.4) is 0 Å². The molecule has 2 aliphatic carbocycles. The Labute approximate surface area is 95.0 Å². The SMILES string of the molecule is CN(C(=O)N(CC(=O)O)CC1CC1)C1CC1. The van der Waals surface area contributed by atoms with Crippen molar-refractivity contribution in [3.8, 4) is 0 Å². The summed E-state index contributed by atoms with van der Waals surface area (Å²) < 4.78 is 0. The van der Waals surface area contributed by atoms with Gasteiger partial charge in [-0.2, -0.15) is 0 Å². The average molecular weight is 226 g/mol. The average Bonchev–Trinajstić information content (AvgIpc) is 3.05. The Bertz CT molecular complexity index is 298. The van der Waals surface area contributed by atoms with E-state index in [1.807, 2.05) is 0 Å². The molecule has 16 heavy (non-hydrogen) atoms. The summed E-state index contributed by atoms with van der Waals surface area (Å²) in [6.45, 7) is 0.425. The van der Waals surface area contributed by atoms with Gasteiger partial charge >= 0.3 is 12.0 Å². The minimum atomic E-state index is -0.932. The predicted molar refractivity (Wildman–Crippen MR) is 58.1 cm³/mol. The highest BCUT2D eigenvalue weighted by molar-refractivity contribution is 5.80. The Balaban J connectivity index is 1.91. The molecular formula is C11H18N2O3. The molecule has 2 saturated carbocycles. The highest BCUT2D eigenvalue weighted by Crippen LogP contribution is 2.31. The lowest BCUT2D eigenvalue weighted by molar-refractivity contribution is -0.137. The maximum atomic E-state index is 12.0. The summed E-state index contributed by atoms with van der Waals surface area (Å²) in [5.74, 6) is -0.408. The number of carbonyl (C=O) groups is 2. The van der Waals surface area contributed by atoms with Crippen LogP contribution in [-0.4, -0.2) is 53.1 Å². The van der Waals surface area contributed by atoms with Crippen molar-refractivity contribution >= 4 is 12.0 Å². The zero-order valence-electron chi connectivity index (χ0n) is 9.56. The number of aliphatic carboxylic acids is 1. The normalized spacial score (nSPS) is 19.3. The van der Waals surface area contributed by atoms with Crippen molar-refractivity contribution in [2.45, 2.75) is 31.7 Å². The van der Waals surface area contributed by atoms with Gasteiger partial charge in [0.15, 0.2) is 0 Å². The summed E-state index contributed by atoms with van der Waals surface area (Å²) in [4.78, 5) is 25.9. The number of urea groups is 1. The maximum Gasteiger partial charge on any atom is 0.323 e. The molecule has 2 aliphatic rings. The van der Waals surface area contributed by atoms with Gasteiger partial charge in [0, 0.05) is 19.6 Å². The van der Waals surface area contributed by atoms with E-state index in [9.17, 15) is 9.59 Å². The molecule has 90 valence electrons. The molecule has 0 atom stereocenters. The molecule has 5 heteroatoms. The lowest BCUT2D eigenvalue weighted by Crippen LogP contribution is -2.45. The number of carbonyl (C=O) groups excluding carboxylic acids is 1. The molecule has 1 N–H and O–H groups in total. The minimum absolute atomic E-state index is 0.128. The van der Waals surface area contributed by atoms with Crippen LogP contribution in [0.4, 0.5) is 4.79 Å².